The summed E-state index contributed by atoms with van der Waals surface area (Å²) in [6.45, 7) is 8.50. The lowest BCUT2D eigenvalue weighted by Gasteiger charge is -2.37. The lowest BCUT2D eigenvalue weighted by Crippen LogP contribution is -2.43. The fourth-order valence-electron chi connectivity index (χ4n) is 3.21. The fourth-order valence-corrected chi connectivity index (χ4v) is 4.46. The first-order valence-electron chi connectivity index (χ1n) is 6.87. The molecule has 0 spiro atoms. The Morgan fingerprint density at radius 2 is 2.00 bits per heavy atom. The molecular formula is C14H27NS. The second-order valence-corrected chi connectivity index (χ2v) is 8.42. The summed E-state index contributed by atoms with van der Waals surface area (Å²) in [6, 6.07) is 0.779. The van der Waals surface area contributed by atoms with Gasteiger partial charge in [0, 0.05) is 17.3 Å². The van der Waals surface area contributed by atoms with Gasteiger partial charge in [0.2, 0.25) is 0 Å². The summed E-state index contributed by atoms with van der Waals surface area (Å²) in [6.07, 6.45) is 8.41. The van der Waals surface area contributed by atoms with Crippen molar-refractivity contribution in [3.63, 3.8) is 0 Å². The molecule has 1 saturated heterocycles. The largest absolute Gasteiger partial charge is 0.313 e. The van der Waals surface area contributed by atoms with Gasteiger partial charge in [-0.1, -0.05) is 20.3 Å². The second kappa shape index (κ2) is 4.89. The van der Waals surface area contributed by atoms with E-state index in [9.17, 15) is 0 Å². The molecule has 16 heavy (non-hydrogen) atoms. The summed E-state index contributed by atoms with van der Waals surface area (Å²) in [4.78, 5) is 0. The van der Waals surface area contributed by atoms with Crippen molar-refractivity contribution in [2.45, 2.75) is 70.1 Å². The van der Waals surface area contributed by atoms with Crippen molar-refractivity contribution in [1.29, 1.82) is 0 Å². The fraction of sp³-hybridized carbons (Fsp3) is 1.00. The minimum Gasteiger partial charge on any atom is -0.313 e. The first kappa shape index (κ1) is 12.8. The van der Waals surface area contributed by atoms with Gasteiger partial charge < -0.3 is 5.32 Å². The third-order valence-corrected chi connectivity index (χ3v) is 5.81. The van der Waals surface area contributed by atoms with Crippen molar-refractivity contribution < 1.29 is 0 Å². The third-order valence-electron chi connectivity index (χ3n) is 4.27. The summed E-state index contributed by atoms with van der Waals surface area (Å²) >= 11 is 2.17. The maximum atomic E-state index is 3.84. The number of thioether (sulfide) groups is 1. The molecule has 1 aliphatic heterocycles. The van der Waals surface area contributed by atoms with Crippen molar-refractivity contribution >= 4 is 11.8 Å². The molecule has 0 radical (unpaired) electrons. The molecule has 2 atom stereocenters. The van der Waals surface area contributed by atoms with Crippen LogP contribution in [0.2, 0.25) is 0 Å². The average molecular weight is 241 g/mol. The average Bonchev–Trinajstić information content (AvgIpc) is 2.62. The van der Waals surface area contributed by atoms with Gasteiger partial charge in [-0.05, 0) is 50.2 Å². The van der Waals surface area contributed by atoms with E-state index in [1.165, 1.54) is 50.8 Å². The predicted octanol–water partition coefficient (Wildman–Crippen LogP) is 3.83. The molecule has 2 aliphatic rings. The standard InChI is InChI=1S/C14H27NS/c1-13(2)7-4-6-12(10-13)15-11-14(3)8-5-9-16-14/h12,15H,4-11H2,1-3H3. The minimum atomic E-state index is 0.529. The highest BCUT2D eigenvalue weighted by Gasteiger charge is 2.32. The highest BCUT2D eigenvalue weighted by Crippen LogP contribution is 2.38. The Labute approximate surface area is 105 Å². The molecule has 1 nitrogen and oxygen atoms in total. The number of hydrogen-bond acceptors (Lipinski definition) is 2. The van der Waals surface area contributed by atoms with E-state index in [0.29, 0.717) is 10.2 Å². The zero-order valence-electron chi connectivity index (χ0n) is 11.1. The minimum absolute atomic E-state index is 0.529. The lowest BCUT2D eigenvalue weighted by atomic mass is 9.75. The van der Waals surface area contributed by atoms with Gasteiger partial charge >= 0.3 is 0 Å². The molecule has 1 heterocycles. The van der Waals surface area contributed by atoms with E-state index < -0.39 is 0 Å². The Balaban J connectivity index is 1.77. The van der Waals surface area contributed by atoms with Gasteiger partial charge in [-0.25, -0.2) is 0 Å². The van der Waals surface area contributed by atoms with Crippen LogP contribution in [-0.4, -0.2) is 23.1 Å². The van der Waals surface area contributed by atoms with Crippen LogP contribution in [0.15, 0.2) is 0 Å². The van der Waals surface area contributed by atoms with Crippen molar-refractivity contribution in [1.82, 2.24) is 5.32 Å². The van der Waals surface area contributed by atoms with E-state index in [2.05, 4.69) is 37.8 Å². The maximum absolute atomic E-state index is 3.84. The van der Waals surface area contributed by atoms with Crippen molar-refractivity contribution in [3.8, 4) is 0 Å². The summed E-state index contributed by atoms with van der Waals surface area (Å²) in [5.41, 5.74) is 0.569. The van der Waals surface area contributed by atoms with Gasteiger partial charge in [-0.2, -0.15) is 11.8 Å². The summed E-state index contributed by atoms with van der Waals surface area (Å²) < 4.78 is 0.529. The topological polar surface area (TPSA) is 12.0 Å². The quantitative estimate of drug-likeness (QED) is 0.806. The highest BCUT2D eigenvalue weighted by molar-refractivity contribution is 8.00. The zero-order valence-corrected chi connectivity index (χ0v) is 12.0. The Hall–Kier alpha value is 0.310. The molecule has 0 amide bonds. The molecule has 1 saturated carbocycles. The van der Waals surface area contributed by atoms with Crippen LogP contribution in [0, 0.1) is 5.41 Å². The predicted molar refractivity (Wildman–Crippen MR) is 74.1 cm³/mol. The molecule has 2 rings (SSSR count). The van der Waals surface area contributed by atoms with Crippen LogP contribution in [0.3, 0.4) is 0 Å². The van der Waals surface area contributed by atoms with Crippen LogP contribution in [0.1, 0.15) is 59.3 Å². The van der Waals surface area contributed by atoms with E-state index in [0.717, 1.165) is 6.04 Å². The molecule has 0 aromatic carbocycles. The third kappa shape index (κ3) is 3.40. The summed E-state index contributed by atoms with van der Waals surface area (Å²) in [7, 11) is 0. The Morgan fingerprint density at radius 3 is 2.62 bits per heavy atom. The summed E-state index contributed by atoms with van der Waals surface area (Å²) in [5.74, 6) is 1.37. The summed E-state index contributed by atoms with van der Waals surface area (Å²) in [5, 5.41) is 3.84. The van der Waals surface area contributed by atoms with Crippen LogP contribution in [0.5, 0.6) is 0 Å². The molecule has 0 aromatic rings. The first-order chi connectivity index (χ1) is 7.49. The Morgan fingerprint density at radius 1 is 1.19 bits per heavy atom. The molecular weight excluding hydrogens is 214 g/mol. The monoisotopic (exact) mass is 241 g/mol. The normalized spacial score (nSPS) is 38.8. The van der Waals surface area contributed by atoms with Gasteiger partial charge in [0.05, 0.1) is 0 Å². The van der Waals surface area contributed by atoms with Crippen molar-refractivity contribution in [2.24, 2.45) is 5.41 Å². The van der Waals surface area contributed by atoms with E-state index in [-0.39, 0.29) is 0 Å². The smallest absolute Gasteiger partial charge is 0.0256 e. The molecule has 2 heteroatoms. The lowest BCUT2D eigenvalue weighted by molar-refractivity contribution is 0.196. The zero-order chi connectivity index (χ0) is 11.6. The van der Waals surface area contributed by atoms with Gasteiger partial charge in [0.15, 0.2) is 0 Å². The van der Waals surface area contributed by atoms with Crippen LogP contribution < -0.4 is 5.32 Å². The second-order valence-electron chi connectivity index (χ2n) is 6.74. The molecule has 94 valence electrons. The van der Waals surface area contributed by atoms with Crippen molar-refractivity contribution in [3.05, 3.63) is 0 Å². The van der Waals surface area contributed by atoms with Crippen molar-refractivity contribution in [2.75, 3.05) is 12.3 Å². The van der Waals surface area contributed by atoms with Gasteiger partial charge in [-0.3, -0.25) is 0 Å². The van der Waals surface area contributed by atoms with Gasteiger partial charge in [-0.15, -0.1) is 0 Å². The number of nitrogens with one attached hydrogen (secondary N) is 1. The maximum Gasteiger partial charge on any atom is 0.0256 e. The van der Waals surface area contributed by atoms with Gasteiger partial charge in [0.25, 0.3) is 0 Å². The highest BCUT2D eigenvalue weighted by atomic mass is 32.2. The first-order valence-corrected chi connectivity index (χ1v) is 7.85. The molecule has 0 bridgehead atoms. The van der Waals surface area contributed by atoms with Crippen LogP contribution in [-0.2, 0) is 0 Å². The Bertz CT molecular complexity index is 231. The number of rotatable bonds is 3. The van der Waals surface area contributed by atoms with Crippen LogP contribution in [0.25, 0.3) is 0 Å². The van der Waals surface area contributed by atoms with E-state index >= 15 is 0 Å². The molecule has 1 N–H and O–H groups in total. The van der Waals surface area contributed by atoms with E-state index in [4.69, 9.17) is 0 Å². The Kier molecular flexibility index (Phi) is 3.90. The molecule has 0 aromatic heterocycles. The number of hydrogen-bond donors (Lipinski definition) is 1. The SMILES string of the molecule is CC1(C)CCCC(NCC2(C)CCCS2)C1. The molecule has 1 aliphatic carbocycles. The van der Waals surface area contributed by atoms with Crippen LogP contribution in [0.4, 0.5) is 0 Å². The van der Waals surface area contributed by atoms with E-state index in [1.807, 2.05) is 0 Å². The van der Waals surface area contributed by atoms with Gasteiger partial charge in [0.1, 0.15) is 0 Å². The molecule has 2 unspecified atom stereocenters. The van der Waals surface area contributed by atoms with Crippen LogP contribution >= 0.6 is 11.8 Å². The van der Waals surface area contributed by atoms with E-state index in [1.54, 1.807) is 0 Å². The molecule has 2 fully saturated rings.